The van der Waals surface area contributed by atoms with Crippen LogP contribution in [0, 0.1) is 11.3 Å². The van der Waals surface area contributed by atoms with E-state index < -0.39 is 59.0 Å². The van der Waals surface area contributed by atoms with Crippen molar-refractivity contribution in [3.8, 4) is 0 Å². The second-order valence-corrected chi connectivity index (χ2v) is 16.5. The Balaban J connectivity index is 1.36. The smallest absolute Gasteiger partial charge is 0.289 e. The molecule has 1 saturated heterocycles. The van der Waals surface area contributed by atoms with Crippen LogP contribution in [0.4, 0.5) is 0 Å². The van der Waals surface area contributed by atoms with E-state index in [1.807, 2.05) is 50.8 Å². The van der Waals surface area contributed by atoms with Crippen LogP contribution < -0.4 is 21.3 Å². The van der Waals surface area contributed by atoms with Gasteiger partial charge in [0.1, 0.15) is 23.8 Å². The van der Waals surface area contributed by atoms with E-state index in [4.69, 9.17) is 11.6 Å². The number of hydrogen-bond acceptors (Lipinski definition) is 9. The van der Waals surface area contributed by atoms with Crippen LogP contribution in [-0.2, 0) is 30.5 Å². The van der Waals surface area contributed by atoms with Gasteiger partial charge in [-0.1, -0.05) is 83.2 Å². The summed E-state index contributed by atoms with van der Waals surface area (Å²) in [5.74, 6) is -3.38. The fourth-order valence-electron chi connectivity index (χ4n) is 7.33. The summed E-state index contributed by atoms with van der Waals surface area (Å²) in [6.07, 6.45) is 11.1. The maximum atomic E-state index is 14.6. The summed E-state index contributed by atoms with van der Waals surface area (Å²) >= 11 is 6.53. The van der Waals surface area contributed by atoms with Crippen LogP contribution in [0.1, 0.15) is 102 Å². The predicted molar refractivity (Wildman–Crippen MR) is 206 cm³/mol. The van der Waals surface area contributed by atoms with Crippen molar-refractivity contribution in [2.45, 2.75) is 122 Å². The van der Waals surface area contributed by atoms with Gasteiger partial charge in [0.2, 0.25) is 23.5 Å². The summed E-state index contributed by atoms with van der Waals surface area (Å²) in [6, 6.07) is 3.48. The number of nitrogens with zero attached hydrogens (tertiary/aromatic N) is 4. The first-order chi connectivity index (χ1) is 26.3. The Bertz CT molecular complexity index is 1690. The molecule has 0 spiro atoms. The molecule has 1 aromatic carbocycles. The molecule has 55 heavy (non-hydrogen) atoms. The minimum absolute atomic E-state index is 0.0120. The van der Waals surface area contributed by atoms with Crippen LogP contribution in [0.3, 0.4) is 0 Å². The quantitative estimate of drug-likeness (QED) is 0.198. The lowest BCUT2D eigenvalue weighted by atomic mass is 9.82. The number of Topliss-reactive ketones (excluding diaryl/α,β-unsaturated/α-hetero) is 1. The van der Waals surface area contributed by atoms with Crippen molar-refractivity contribution < 1.29 is 28.8 Å². The van der Waals surface area contributed by atoms with E-state index in [0.29, 0.717) is 24.5 Å². The third-order valence-corrected chi connectivity index (χ3v) is 11.0. The largest absolute Gasteiger partial charge is 0.347 e. The number of carbonyl (C=O) groups excluding carboxylic acids is 6. The number of nitrogens with one attached hydrogen (secondary N) is 4. The molecule has 3 aliphatic rings. The Morgan fingerprint density at radius 3 is 2.29 bits per heavy atom. The summed E-state index contributed by atoms with van der Waals surface area (Å²) in [7, 11) is 0. The van der Waals surface area contributed by atoms with Gasteiger partial charge >= 0.3 is 0 Å². The topological polar surface area (TPSA) is 183 Å². The number of aromatic nitrogens is 2. The second kappa shape index (κ2) is 18.9. The molecule has 5 amide bonds. The van der Waals surface area contributed by atoms with E-state index in [0.717, 1.165) is 50.5 Å². The molecule has 298 valence electrons. The van der Waals surface area contributed by atoms with Crippen molar-refractivity contribution in [1.82, 2.24) is 41.0 Å². The van der Waals surface area contributed by atoms with Crippen LogP contribution in [0.15, 0.2) is 42.9 Å². The number of carbonyl (C=O) groups is 6. The van der Waals surface area contributed by atoms with Gasteiger partial charge in [-0.15, -0.1) is 0 Å². The lowest BCUT2D eigenvalue weighted by molar-refractivity contribution is -0.146. The van der Waals surface area contributed by atoms with Crippen molar-refractivity contribution >= 4 is 46.9 Å². The first-order valence-corrected chi connectivity index (χ1v) is 19.9. The molecule has 4 N–H and O–H groups in total. The van der Waals surface area contributed by atoms with E-state index in [9.17, 15) is 28.8 Å². The van der Waals surface area contributed by atoms with Crippen molar-refractivity contribution in [2.24, 2.45) is 11.3 Å². The van der Waals surface area contributed by atoms with Gasteiger partial charge in [0.25, 0.3) is 11.8 Å². The standard InChI is InChI=1S/C40H55ClN8O6/c1-5-11-29(33(50)38(54)44-27-16-17-27)45-36(52)31-24-49(21-20-48(31)23-26-14-9-10-15-28(26)41)39(55)34(40(2,3)4)47-37(53)32(25-12-7-6-8-13-25)46-35(51)30-22-42-18-19-43-30/h9-10,14-15,18-19,22,25,27,29,31-32,34H,5-8,11-13,16-17,20-21,23-24H2,1-4H3,(H,44,54)(H,45,52)(H,46,51)(H,47,53)/t29-,31+,32-,34+/m0/s1. The summed E-state index contributed by atoms with van der Waals surface area (Å²) in [4.78, 5) is 93.7. The first-order valence-electron chi connectivity index (χ1n) is 19.5. The van der Waals surface area contributed by atoms with E-state index in [-0.39, 0.29) is 43.1 Å². The molecule has 2 heterocycles. The van der Waals surface area contributed by atoms with Crippen LogP contribution in [0.2, 0.25) is 5.02 Å². The Hall–Kier alpha value is -4.43. The minimum atomic E-state index is -1.03. The fourth-order valence-corrected chi connectivity index (χ4v) is 7.53. The Labute approximate surface area is 328 Å². The first kappa shape index (κ1) is 41.7. The highest BCUT2D eigenvalue weighted by molar-refractivity contribution is 6.38. The molecule has 15 heteroatoms. The van der Waals surface area contributed by atoms with Gasteiger partial charge in [-0.3, -0.25) is 38.7 Å². The zero-order chi connectivity index (χ0) is 39.7. The lowest BCUT2D eigenvalue weighted by Crippen LogP contribution is -2.65. The molecular formula is C40H55ClN8O6. The second-order valence-electron chi connectivity index (χ2n) is 16.1. The van der Waals surface area contributed by atoms with Gasteiger partial charge in [0, 0.05) is 49.6 Å². The van der Waals surface area contributed by atoms with E-state index in [1.165, 1.54) is 18.6 Å². The number of amides is 5. The molecule has 0 radical (unpaired) electrons. The van der Waals surface area contributed by atoms with Crippen LogP contribution in [0.25, 0.3) is 0 Å². The highest BCUT2D eigenvalue weighted by Gasteiger charge is 2.43. The molecular weight excluding hydrogens is 724 g/mol. The van der Waals surface area contributed by atoms with Gasteiger partial charge in [-0.2, -0.15) is 0 Å². The number of piperazine rings is 1. The molecule has 2 aromatic rings. The number of ketones is 1. The molecule has 1 aliphatic heterocycles. The molecule has 0 bridgehead atoms. The van der Waals surface area contributed by atoms with E-state index >= 15 is 0 Å². The molecule has 2 aliphatic carbocycles. The van der Waals surface area contributed by atoms with Gasteiger partial charge < -0.3 is 26.2 Å². The van der Waals surface area contributed by atoms with Crippen LogP contribution >= 0.6 is 11.6 Å². The number of benzene rings is 1. The summed E-state index contributed by atoms with van der Waals surface area (Å²) in [5, 5.41) is 12.0. The van der Waals surface area contributed by atoms with Gasteiger partial charge in [-0.05, 0) is 55.1 Å². The summed E-state index contributed by atoms with van der Waals surface area (Å²) in [6.45, 7) is 8.27. The normalized spacial score (nSPS) is 19.7. The summed E-state index contributed by atoms with van der Waals surface area (Å²) in [5.41, 5.74) is 0.132. The number of rotatable bonds is 15. The van der Waals surface area contributed by atoms with Gasteiger partial charge in [-0.25, -0.2) is 4.98 Å². The molecule has 5 rings (SSSR count). The lowest BCUT2D eigenvalue weighted by Gasteiger charge is -2.44. The average Bonchev–Trinajstić information content (AvgIpc) is 4.00. The number of hydrogen-bond donors (Lipinski definition) is 4. The highest BCUT2D eigenvalue weighted by atomic mass is 35.5. The molecule has 4 atom stereocenters. The van der Waals surface area contributed by atoms with Crippen molar-refractivity contribution in [3.63, 3.8) is 0 Å². The molecule has 3 fully saturated rings. The van der Waals surface area contributed by atoms with Gasteiger partial charge in [0.15, 0.2) is 0 Å². The minimum Gasteiger partial charge on any atom is -0.347 e. The van der Waals surface area contributed by atoms with Crippen LogP contribution in [0.5, 0.6) is 0 Å². The monoisotopic (exact) mass is 778 g/mol. The molecule has 2 saturated carbocycles. The number of halogens is 1. The third kappa shape index (κ3) is 11.3. The zero-order valence-corrected chi connectivity index (χ0v) is 33.1. The van der Waals surface area contributed by atoms with Crippen molar-refractivity contribution in [2.75, 3.05) is 19.6 Å². The van der Waals surface area contributed by atoms with Gasteiger partial charge in [0.05, 0.1) is 12.2 Å². The summed E-state index contributed by atoms with van der Waals surface area (Å²) < 4.78 is 0. The maximum absolute atomic E-state index is 14.6. The maximum Gasteiger partial charge on any atom is 0.289 e. The van der Waals surface area contributed by atoms with Crippen LogP contribution in [-0.4, -0.2) is 105 Å². The fraction of sp³-hybridized carbons (Fsp3) is 0.600. The van der Waals surface area contributed by atoms with Crippen molar-refractivity contribution in [1.29, 1.82) is 0 Å². The zero-order valence-electron chi connectivity index (χ0n) is 32.3. The predicted octanol–water partition coefficient (Wildman–Crippen LogP) is 3.19. The highest BCUT2D eigenvalue weighted by Crippen LogP contribution is 2.29. The molecule has 1 aromatic heterocycles. The molecule has 14 nitrogen and oxygen atoms in total. The average molecular weight is 779 g/mol. The molecule has 0 unspecified atom stereocenters. The van der Waals surface area contributed by atoms with E-state index in [2.05, 4.69) is 31.2 Å². The Morgan fingerprint density at radius 2 is 1.65 bits per heavy atom. The van der Waals surface area contributed by atoms with E-state index in [1.54, 1.807) is 11.0 Å². The SMILES string of the molecule is CCC[C@H](NC(=O)[C@H]1CN(C(=O)[C@@H](NC(=O)[C@@H](NC(=O)c2cnccn2)C2CCCCC2)C(C)(C)C)CCN1Cc1ccccc1Cl)C(=O)C(=O)NC1CC1. The Morgan fingerprint density at radius 1 is 0.927 bits per heavy atom. The van der Waals surface area contributed by atoms with Crippen molar-refractivity contribution in [3.05, 3.63) is 59.1 Å². The Kier molecular flexibility index (Phi) is 14.4. The third-order valence-electron chi connectivity index (χ3n) is 10.7.